The molecule has 0 radical (unpaired) electrons. The Labute approximate surface area is 118 Å². The Morgan fingerprint density at radius 3 is 2.60 bits per heavy atom. The van der Waals surface area contributed by atoms with Crippen LogP contribution in [0.1, 0.15) is 20.8 Å². The summed E-state index contributed by atoms with van der Waals surface area (Å²) in [5, 5.41) is 13.5. The highest BCUT2D eigenvalue weighted by Gasteiger charge is 2.11. The first-order valence-electron chi connectivity index (χ1n) is 6.44. The second-order valence-corrected chi connectivity index (χ2v) is 5.57. The van der Waals surface area contributed by atoms with Gasteiger partial charge < -0.3 is 10.6 Å². The molecule has 0 bridgehead atoms. The molecule has 0 aliphatic rings. The van der Waals surface area contributed by atoms with Crippen molar-refractivity contribution in [3.8, 4) is 5.69 Å². The molecule has 6 heteroatoms. The summed E-state index contributed by atoms with van der Waals surface area (Å²) in [6.45, 7) is 6.34. The smallest absolute Gasteiger partial charge is 0.238 e. The summed E-state index contributed by atoms with van der Waals surface area (Å²) in [6, 6.07) is 7.52. The average Bonchev–Trinajstić information content (AvgIpc) is 2.90. The lowest BCUT2D eigenvalue weighted by molar-refractivity contribution is -0.115. The van der Waals surface area contributed by atoms with Crippen molar-refractivity contribution in [1.82, 2.24) is 20.1 Å². The SMILES string of the molecule is CC(C)(C)NCC(=O)Nc1cccc(-n2cnnc2)c1. The molecule has 0 unspecified atom stereocenters. The maximum Gasteiger partial charge on any atom is 0.238 e. The van der Waals surface area contributed by atoms with Gasteiger partial charge in [-0.15, -0.1) is 10.2 Å². The molecule has 1 amide bonds. The van der Waals surface area contributed by atoms with Gasteiger partial charge in [0.15, 0.2) is 0 Å². The molecule has 0 fully saturated rings. The number of carbonyl (C=O) groups excluding carboxylic acids is 1. The molecule has 2 N–H and O–H groups in total. The molecule has 6 nitrogen and oxygen atoms in total. The van der Waals surface area contributed by atoms with Gasteiger partial charge in [0.1, 0.15) is 12.7 Å². The van der Waals surface area contributed by atoms with Crippen LogP contribution in [0.25, 0.3) is 5.69 Å². The minimum atomic E-state index is -0.0817. The van der Waals surface area contributed by atoms with Gasteiger partial charge in [-0.25, -0.2) is 0 Å². The Kier molecular flexibility index (Phi) is 4.14. The molecule has 2 aromatic rings. The van der Waals surface area contributed by atoms with Crippen LogP contribution in [0.3, 0.4) is 0 Å². The molecule has 1 aromatic heterocycles. The third-order valence-electron chi connectivity index (χ3n) is 2.63. The lowest BCUT2D eigenvalue weighted by atomic mass is 10.1. The average molecular weight is 273 g/mol. The van der Waals surface area contributed by atoms with Crippen LogP contribution in [-0.4, -0.2) is 32.8 Å². The number of carbonyl (C=O) groups is 1. The summed E-state index contributed by atoms with van der Waals surface area (Å²) in [5.41, 5.74) is 1.57. The maximum absolute atomic E-state index is 11.9. The molecule has 2 rings (SSSR count). The first-order valence-corrected chi connectivity index (χ1v) is 6.44. The highest BCUT2D eigenvalue weighted by atomic mass is 16.1. The van der Waals surface area contributed by atoms with E-state index < -0.39 is 0 Å². The zero-order valence-corrected chi connectivity index (χ0v) is 11.9. The third-order valence-corrected chi connectivity index (χ3v) is 2.63. The Balaban J connectivity index is 2.00. The van der Waals surface area contributed by atoms with Gasteiger partial charge in [-0.3, -0.25) is 9.36 Å². The normalized spacial score (nSPS) is 11.3. The number of nitrogens with zero attached hydrogens (tertiary/aromatic N) is 3. The summed E-state index contributed by atoms with van der Waals surface area (Å²) in [7, 11) is 0. The molecule has 0 spiro atoms. The van der Waals surface area contributed by atoms with Crippen LogP contribution in [0, 0.1) is 0 Å². The predicted molar refractivity (Wildman–Crippen MR) is 77.7 cm³/mol. The van der Waals surface area contributed by atoms with Crippen molar-refractivity contribution in [3.05, 3.63) is 36.9 Å². The minimum absolute atomic E-state index is 0.0687. The number of hydrogen-bond acceptors (Lipinski definition) is 4. The van der Waals surface area contributed by atoms with E-state index in [9.17, 15) is 4.79 Å². The van der Waals surface area contributed by atoms with Gasteiger partial charge in [0.25, 0.3) is 0 Å². The third kappa shape index (κ3) is 4.17. The number of nitrogens with one attached hydrogen (secondary N) is 2. The number of aromatic nitrogens is 3. The summed E-state index contributed by atoms with van der Waals surface area (Å²) in [5.74, 6) is -0.0687. The number of amides is 1. The van der Waals surface area contributed by atoms with Crippen molar-refractivity contribution in [3.63, 3.8) is 0 Å². The summed E-state index contributed by atoms with van der Waals surface area (Å²) >= 11 is 0. The molecule has 1 heterocycles. The molecule has 1 aromatic carbocycles. The van der Waals surface area contributed by atoms with Crippen molar-refractivity contribution in [2.75, 3.05) is 11.9 Å². The Hall–Kier alpha value is -2.21. The van der Waals surface area contributed by atoms with E-state index in [1.54, 1.807) is 17.2 Å². The summed E-state index contributed by atoms with van der Waals surface area (Å²) < 4.78 is 1.78. The lowest BCUT2D eigenvalue weighted by Gasteiger charge is -2.20. The van der Waals surface area contributed by atoms with Crippen LogP contribution in [-0.2, 0) is 4.79 Å². The van der Waals surface area contributed by atoms with E-state index in [-0.39, 0.29) is 18.0 Å². The van der Waals surface area contributed by atoms with E-state index in [1.807, 2.05) is 45.0 Å². The molecule has 0 aliphatic heterocycles. The standard InChI is InChI=1S/C14H19N5O/c1-14(2,3)15-8-13(20)18-11-5-4-6-12(7-11)19-9-16-17-10-19/h4-7,9-10,15H,8H2,1-3H3,(H,18,20). The molecular formula is C14H19N5O. The lowest BCUT2D eigenvalue weighted by Crippen LogP contribution is -2.41. The summed E-state index contributed by atoms with van der Waals surface area (Å²) in [4.78, 5) is 11.9. The molecule has 0 saturated heterocycles. The van der Waals surface area contributed by atoms with Crippen molar-refractivity contribution < 1.29 is 4.79 Å². The van der Waals surface area contributed by atoms with Gasteiger partial charge >= 0.3 is 0 Å². The quantitative estimate of drug-likeness (QED) is 0.887. The van der Waals surface area contributed by atoms with Crippen LogP contribution < -0.4 is 10.6 Å². The first kappa shape index (κ1) is 14.2. The van der Waals surface area contributed by atoms with Gasteiger partial charge in [-0.1, -0.05) is 6.07 Å². The van der Waals surface area contributed by atoms with Crippen molar-refractivity contribution in [2.45, 2.75) is 26.3 Å². The molecule has 0 atom stereocenters. The van der Waals surface area contributed by atoms with Gasteiger partial charge in [-0.2, -0.15) is 0 Å². The number of benzene rings is 1. The molecular weight excluding hydrogens is 254 g/mol. The highest BCUT2D eigenvalue weighted by molar-refractivity contribution is 5.92. The van der Waals surface area contributed by atoms with Crippen LogP contribution in [0.15, 0.2) is 36.9 Å². The van der Waals surface area contributed by atoms with E-state index in [4.69, 9.17) is 0 Å². The second kappa shape index (κ2) is 5.83. The molecule has 0 saturated carbocycles. The fourth-order valence-electron chi connectivity index (χ4n) is 1.63. The number of rotatable bonds is 4. The number of anilines is 1. The van der Waals surface area contributed by atoms with E-state index in [2.05, 4.69) is 20.8 Å². The number of hydrogen-bond donors (Lipinski definition) is 2. The molecule has 20 heavy (non-hydrogen) atoms. The van der Waals surface area contributed by atoms with Crippen LogP contribution >= 0.6 is 0 Å². The van der Waals surface area contributed by atoms with Crippen molar-refractivity contribution >= 4 is 11.6 Å². The van der Waals surface area contributed by atoms with E-state index in [1.165, 1.54) is 0 Å². The van der Waals surface area contributed by atoms with Gasteiger partial charge in [0.2, 0.25) is 5.91 Å². The van der Waals surface area contributed by atoms with Gasteiger partial charge in [0, 0.05) is 11.2 Å². The van der Waals surface area contributed by atoms with E-state index in [0.717, 1.165) is 11.4 Å². The van der Waals surface area contributed by atoms with Crippen LogP contribution in [0.2, 0.25) is 0 Å². The van der Waals surface area contributed by atoms with Crippen LogP contribution in [0.4, 0.5) is 5.69 Å². The maximum atomic E-state index is 11.9. The molecule has 0 aliphatic carbocycles. The Morgan fingerprint density at radius 2 is 1.95 bits per heavy atom. The van der Waals surface area contributed by atoms with Crippen molar-refractivity contribution in [1.29, 1.82) is 0 Å². The zero-order chi connectivity index (χ0) is 14.6. The molecule has 106 valence electrons. The minimum Gasteiger partial charge on any atom is -0.325 e. The van der Waals surface area contributed by atoms with Crippen LogP contribution in [0.5, 0.6) is 0 Å². The van der Waals surface area contributed by atoms with Gasteiger partial charge in [0.05, 0.1) is 12.2 Å². The fourth-order valence-corrected chi connectivity index (χ4v) is 1.63. The first-order chi connectivity index (χ1) is 9.44. The van der Waals surface area contributed by atoms with E-state index in [0.29, 0.717) is 0 Å². The topological polar surface area (TPSA) is 71.8 Å². The Morgan fingerprint density at radius 1 is 1.25 bits per heavy atom. The Bertz CT molecular complexity index is 572. The largest absolute Gasteiger partial charge is 0.325 e. The fraction of sp³-hybridized carbons (Fsp3) is 0.357. The second-order valence-electron chi connectivity index (χ2n) is 5.57. The monoisotopic (exact) mass is 273 g/mol. The van der Waals surface area contributed by atoms with Crippen molar-refractivity contribution in [2.24, 2.45) is 0 Å². The summed E-state index contributed by atoms with van der Waals surface area (Å²) in [6.07, 6.45) is 3.23. The van der Waals surface area contributed by atoms with Gasteiger partial charge in [-0.05, 0) is 39.0 Å². The zero-order valence-electron chi connectivity index (χ0n) is 11.9. The predicted octanol–water partition coefficient (Wildman–Crippen LogP) is 1.59. The highest BCUT2D eigenvalue weighted by Crippen LogP contribution is 2.13. The van der Waals surface area contributed by atoms with E-state index >= 15 is 0 Å².